The van der Waals surface area contributed by atoms with Gasteiger partial charge in [0.1, 0.15) is 6.04 Å². The summed E-state index contributed by atoms with van der Waals surface area (Å²) in [6.45, 7) is 10.8. The monoisotopic (exact) mass is 437 g/mol. The molecule has 1 aliphatic heterocycles. The van der Waals surface area contributed by atoms with E-state index in [-0.39, 0.29) is 28.7 Å². The van der Waals surface area contributed by atoms with E-state index in [1.165, 1.54) is 0 Å². The first-order valence-corrected chi connectivity index (χ1v) is 12.2. The SMILES string of the molecule is CCCCC(=O)N1CCN(C(=O)C(NS(=O)(=O)c2ccc(C)cc2)C(C)C)CC1C. The molecule has 2 amide bonds. The van der Waals surface area contributed by atoms with Crippen molar-refractivity contribution in [1.82, 2.24) is 14.5 Å². The molecule has 0 aliphatic carbocycles. The van der Waals surface area contributed by atoms with E-state index in [2.05, 4.69) is 11.6 Å². The van der Waals surface area contributed by atoms with E-state index in [0.717, 1.165) is 18.4 Å². The first-order chi connectivity index (χ1) is 14.1. The maximum absolute atomic E-state index is 13.2. The van der Waals surface area contributed by atoms with E-state index in [1.54, 1.807) is 29.2 Å². The number of nitrogens with one attached hydrogen (secondary N) is 1. The van der Waals surface area contributed by atoms with Crippen LogP contribution in [0.1, 0.15) is 52.5 Å². The van der Waals surface area contributed by atoms with Crippen LogP contribution in [0.3, 0.4) is 0 Å². The number of aryl methyl sites for hydroxylation is 1. The molecule has 1 aliphatic rings. The maximum atomic E-state index is 13.2. The first kappa shape index (κ1) is 24.3. The van der Waals surface area contributed by atoms with Gasteiger partial charge in [0.05, 0.1) is 4.90 Å². The van der Waals surface area contributed by atoms with Gasteiger partial charge >= 0.3 is 0 Å². The topological polar surface area (TPSA) is 86.8 Å². The van der Waals surface area contributed by atoms with E-state index >= 15 is 0 Å². The summed E-state index contributed by atoms with van der Waals surface area (Å²) < 4.78 is 28.2. The third-order valence-electron chi connectivity index (χ3n) is 5.55. The Morgan fingerprint density at radius 2 is 1.80 bits per heavy atom. The minimum Gasteiger partial charge on any atom is -0.337 e. The number of sulfonamides is 1. The molecular weight excluding hydrogens is 402 g/mol. The highest BCUT2D eigenvalue weighted by molar-refractivity contribution is 7.89. The molecule has 0 radical (unpaired) electrons. The fourth-order valence-corrected chi connectivity index (χ4v) is 4.96. The minimum atomic E-state index is -3.82. The Labute approximate surface area is 180 Å². The van der Waals surface area contributed by atoms with Crippen LogP contribution in [0.25, 0.3) is 0 Å². The normalized spacial score (nSPS) is 18.5. The Balaban J connectivity index is 2.09. The molecule has 2 atom stereocenters. The molecule has 1 saturated heterocycles. The maximum Gasteiger partial charge on any atom is 0.241 e. The van der Waals surface area contributed by atoms with Crippen molar-refractivity contribution in [3.05, 3.63) is 29.8 Å². The summed E-state index contributed by atoms with van der Waals surface area (Å²) in [5.74, 6) is -0.331. The van der Waals surface area contributed by atoms with Crippen LogP contribution in [0.15, 0.2) is 29.2 Å². The second-order valence-corrected chi connectivity index (χ2v) is 10.2. The van der Waals surface area contributed by atoms with E-state index in [4.69, 9.17) is 0 Å². The number of benzene rings is 1. The van der Waals surface area contributed by atoms with Crippen molar-refractivity contribution in [3.8, 4) is 0 Å². The van der Waals surface area contributed by atoms with Gasteiger partial charge in [0.25, 0.3) is 0 Å². The lowest BCUT2D eigenvalue weighted by atomic mass is 10.0. The van der Waals surface area contributed by atoms with E-state index < -0.39 is 16.1 Å². The van der Waals surface area contributed by atoms with Crippen LogP contribution in [0.2, 0.25) is 0 Å². The number of carbonyl (C=O) groups is 2. The Kier molecular flexibility index (Phi) is 8.43. The summed E-state index contributed by atoms with van der Waals surface area (Å²) in [5, 5.41) is 0. The zero-order valence-electron chi connectivity index (χ0n) is 18.7. The molecule has 1 aromatic rings. The van der Waals surface area contributed by atoms with Crippen molar-refractivity contribution >= 4 is 21.8 Å². The zero-order chi connectivity index (χ0) is 22.5. The lowest BCUT2D eigenvalue weighted by Gasteiger charge is -2.41. The van der Waals surface area contributed by atoms with Gasteiger partial charge in [0, 0.05) is 32.1 Å². The number of nitrogens with zero attached hydrogens (tertiary/aromatic N) is 2. The van der Waals surface area contributed by atoms with Gasteiger partial charge in [-0.3, -0.25) is 9.59 Å². The molecule has 0 bridgehead atoms. The minimum absolute atomic E-state index is 0.0893. The highest BCUT2D eigenvalue weighted by Gasteiger charge is 2.35. The van der Waals surface area contributed by atoms with Gasteiger partial charge in [0.2, 0.25) is 21.8 Å². The second kappa shape index (κ2) is 10.4. The van der Waals surface area contributed by atoms with Gasteiger partial charge in [-0.25, -0.2) is 8.42 Å². The van der Waals surface area contributed by atoms with Gasteiger partial charge in [-0.1, -0.05) is 44.9 Å². The highest BCUT2D eigenvalue weighted by atomic mass is 32.2. The molecule has 8 heteroatoms. The third-order valence-corrected chi connectivity index (χ3v) is 7.01. The Morgan fingerprint density at radius 1 is 1.17 bits per heavy atom. The van der Waals surface area contributed by atoms with Crippen LogP contribution in [0, 0.1) is 12.8 Å². The van der Waals surface area contributed by atoms with Gasteiger partial charge in [-0.05, 0) is 38.3 Å². The quantitative estimate of drug-likeness (QED) is 0.677. The molecule has 0 aromatic heterocycles. The molecule has 2 unspecified atom stereocenters. The van der Waals surface area contributed by atoms with Crippen molar-refractivity contribution in [1.29, 1.82) is 0 Å². The molecule has 7 nitrogen and oxygen atoms in total. The molecule has 168 valence electrons. The summed E-state index contributed by atoms with van der Waals surface area (Å²) in [6.07, 6.45) is 2.36. The fourth-order valence-electron chi connectivity index (χ4n) is 3.62. The lowest BCUT2D eigenvalue weighted by molar-refractivity contribution is -0.144. The van der Waals surface area contributed by atoms with Crippen LogP contribution in [-0.4, -0.2) is 61.7 Å². The summed E-state index contributed by atoms with van der Waals surface area (Å²) in [6, 6.07) is 5.61. The standard InChI is InChI=1S/C22H35N3O4S/c1-6-7-8-20(26)25-14-13-24(15-18(25)5)22(27)21(16(2)3)23-30(28,29)19-11-9-17(4)10-12-19/h9-12,16,18,21,23H,6-8,13-15H2,1-5H3. The Hall–Kier alpha value is -1.93. The summed E-state index contributed by atoms with van der Waals surface area (Å²) in [5.41, 5.74) is 0.964. The average molecular weight is 438 g/mol. The number of hydrogen-bond donors (Lipinski definition) is 1. The first-order valence-electron chi connectivity index (χ1n) is 10.7. The number of hydrogen-bond acceptors (Lipinski definition) is 4. The van der Waals surface area contributed by atoms with E-state index in [1.807, 2.05) is 32.6 Å². The van der Waals surface area contributed by atoms with Crippen molar-refractivity contribution in [2.24, 2.45) is 5.92 Å². The highest BCUT2D eigenvalue weighted by Crippen LogP contribution is 2.18. The summed E-state index contributed by atoms with van der Waals surface area (Å²) >= 11 is 0. The Morgan fingerprint density at radius 3 is 2.33 bits per heavy atom. The van der Waals surface area contributed by atoms with Crippen LogP contribution in [0.5, 0.6) is 0 Å². The number of carbonyl (C=O) groups excluding carboxylic acids is 2. The molecule has 0 spiro atoms. The molecule has 1 N–H and O–H groups in total. The van der Waals surface area contributed by atoms with Gasteiger partial charge < -0.3 is 9.80 Å². The van der Waals surface area contributed by atoms with Crippen LogP contribution in [0.4, 0.5) is 0 Å². The molecule has 1 heterocycles. The second-order valence-electron chi connectivity index (χ2n) is 8.48. The summed E-state index contributed by atoms with van der Waals surface area (Å²) in [7, 11) is -3.82. The fraction of sp³-hybridized carbons (Fsp3) is 0.636. The molecule has 1 fully saturated rings. The molecule has 2 rings (SSSR count). The zero-order valence-corrected chi connectivity index (χ0v) is 19.5. The van der Waals surface area contributed by atoms with Crippen LogP contribution >= 0.6 is 0 Å². The van der Waals surface area contributed by atoms with E-state index in [9.17, 15) is 18.0 Å². The largest absolute Gasteiger partial charge is 0.337 e. The number of piperazine rings is 1. The van der Waals surface area contributed by atoms with Crippen molar-refractivity contribution in [2.45, 2.75) is 70.9 Å². The lowest BCUT2D eigenvalue weighted by Crippen LogP contribution is -2.59. The van der Waals surface area contributed by atoms with Crippen molar-refractivity contribution in [2.75, 3.05) is 19.6 Å². The molecule has 0 saturated carbocycles. The van der Waals surface area contributed by atoms with Crippen LogP contribution in [-0.2, 0) is 19.6 Å². The van der Waals surface area contributed by atoms with Crippen LogP contribution < -0.4 is 4.72 Å². The molecular formula is C22H35N3O4S. The summed E-state index contributed by atoms with van der Waals surface area (Å²) in [4.78, 5) is 29.2. The smallest absolute Gasteiger partial charge is 0.241 e. The van der Waals surface area contributed by atoms with Gasteiger partial charge in [-0.2, -0.15) is 4.72 Å². The predicted octanol–water partition coefficient (Wildman–Crippen LogP) is 2.55. The average Bonchev–Trinajstić information content (AvgIpc) is 2.69. The number of rotatable bonds is 8. The molecule has 30 heavy (non-hydrogen) atoms. The van der Waals surface area contributed by atoms with Gasteiger partial charge in [-0.15, -0.1) is 0 Å². The molecule has 1 aromatic carbocycles. The Bertz CT molecular complexity index is 836. The predicted molar refractivity (Wildman–Crippen MR) is 117 cm³/mol. The van der Waals surface area contributed by atoms with Crippen molar-refractivity contribution in [3.63, 3.8) is 0 Å². The van der Waals surface area contributed by atoms with E-state index in [0.29, 0.717) is 26.1 Å². The third kappa shape index (κ3) is 6.04. The number of unbranched alkanes of at least 4 members (excludes halogenated alkanes) is 1. The van der Waals surface area contributed by atoms with Crippen molar-refractivity contribution < 1.29 is 18.0 Å². The van der Waals surface area contributed by atoms with Gasteiger partial charge in [0.15, 0.2) is 0 Å². The number of amides is 2.